The summed E-state index contributed by atoms with van der Waals surface area (Å²) in [4.78, 5) is 40.0. The van der Waals surface area contributed by atoms with Gasteiger partial charge < -0.3 is 9.47 Å². The maximum absolute atomic E-state index is 13.5. The van der Waals surface area contributed by atoms with E-state index in [2.05, 4.69) is 5.10 Å². The van der Waals surface area contributed by atoms with Crippen LogP contribution in [0.5, 0.6) is 11.5 Å². The highest BCUT2D eigenvalue weighted by molar-refractivity contribution is 5.83. The molecule has 0 aliphatic heterocycles. The fraction of sp³-hybridized carbons (Fsp3) is 0.276. The SMILES string of the molecule is COc1cc(C=Nn2c(C3CCCCC3)nc3ccccc3c2=O)cc([N+](=O)[O-])c1OCc1ccc([N+](=O)[O-])cc1. The van der Waals surface area contributed by atoms with Crippen molar-refractivity contribution in [1.29, 1.82) is 0 Å². The third-order valence-corrected chi connectivity index (χ3v) is 7.08. The number of rotatable bonds is 9. The average molecular weight is 558 g/mol. The average Bonchev–Trinajstić information content (AvgIpc) is 2.99. The van der Waals surface area contributed by atoms with Crippen molar-refractivity contribution in [2.75, 3.05) is 7.11 Å². The molecule has 4 aromatic rings. The van der Waals surface area contributed by atoms with E-state index in [0.717, 1.165) is 32.1 Å². The van der Waals surface area contributed by atoms with Crippen LogP contribution >= 0.6 is 0 Å². The van der Waals surface area contributed by atoms with Crippen molar-refractivity contribution >= 4 is 28.5 Å². The number of fused-ring (bicyclic) bond motifs is 1. The number of ether oxygens (including phenoxy) is 2. The van der Waals surface area contributed by atoms with Gasteiger partial charge in [0.15, 0.2) is 5.75 Å². The van der Waals surface area contributed by atoms with Crippen LogP contribution in [-0.2, 0) is 6.61 Å². The molecule has 0 saturated heterocycles. The van der Waals surface area contributed by atoms with E-state index in [9.17, 15) is 25.0 Å². The fourth-order valence-corrected chi connectivity index (χ4v) is 4.99. The standard InChI is InChI=1S/C29H27N5O7/c1-40-26-16-20(15-25(34(38)39)27(26)41-18-19-11-13-22(14-12-19)33(36)37)17-30-32-28(21-7-3-2-4-8-21)31-24-10-6-5-9-23(24)29(32)35/h5-6,9-17,21H,2-4,7-8,18H2,1H3. The Bertz CT molecular complexity index is 1690. The van der Waals surface area contributed by atoms with E-state index in [4.69, 9.17) is 14.5 Å². The second-order valence-electron chi connectivity index (χ2n) is 9.72. The molecular weight excluding hydrogens is 530 g/mol. The van der Waals surface area contributed by atoms with Crippen LogP contribution in [0.15, 0.2) is 70.6 Å². The van der Waals surface area contributed by atoms with Gasteiger partial charge >= 0.3 is 5.69 Å². The van der Waals surface area contributed by atoms with Gasteiger partial charge in [-0.25, -0.2) is 4.98 Å². The highest BCUT2D eigenvalue weighted by atomic mass is 16.6. The van der Waals surface area contributed by atoms with E-state index in [1.54, 1.807) is 18.2 Å². The predicted molar refractivity (Wildman–Crippen MR) is 152 cm³/mol. The minimum Gasteiger partial charge on any atom is -0.493 e. The fourth-order valence-electron chi connectivity index (χ4n) is 4.99. The van der Waals surface area contributed by atoms with E-state index >= 15 is 0 Å². The summed E-state index contributed by atoms with van der Waals surface area (Å²) in [6, 6.07) is 15.6. The molecule has 0 amide bonds. The molecule has 1 aliphatic rings. The molecule has 12 heteroatoms. The summed E-state index contributed by atoms with van der Waals surface area (Å²) in [6.07, 6.45) is 6.41. The van der Waals surface area contributed by atoms with E-state index in [-0.39, 0.29) is 41.0 Å². The van der Waals surface area contributed by atoms with Crippen LogP contribution in [0.3, 0.4) is 0 Å². The van der Waals surface area contributed by atoms with Gasteiger partial charge in [-0.3, -0.25) is 25.0 Å². The topological polar surface area (TPSA) is 152 Å². The monoisotopic (exact) mass is 557 g/mol. The number of hydrogen-bond acceptors (Lipinski definition) is 9. The zero-order valence-corrected chi connectivity index (χ0v) is 22.3. The molecule has 0 bridgehead atoms. The van der Waals surface area contributed by atoms with Gasteiger partial charge in [-0.1, -0.05) is 31.4 Å². The minimum atomic E-state index is -0.595. The van der Waals surface area contributed by atoms with Crippen LogP contribution < -0.4 is 15.0 Å². The highest BCUT2D eigenvalue weighted by Crippen LogP contribution is 2.39. The summed E-state index contributed by atoms with van der Waals surface area (Å²) in [5, 5.41) is 27.8. The minimum absolute atomic E-state index is 0.0756. The predicted octanol–water partition coefficient (Wildman–Crippen LogP) is 5.73. The number of hydrogen-bond donors (Lipinski definition) is 0. The van der Waals surface area contributed by atoms with Crippen LogP contribution in [0, 0.1) is 20.2 Å². The summed E-state index contributed by atoms with van der Waals surface area (Å²) in [5.41, 5.74) is 0.771. The number of nitrogens with zero attached hydrogens (tertiary/aromatic N) is 5. The molecule has 0 atom stereocenters. The Kier molecular flexibility index (Phi) is 7.99. The molecule has 5 rings (SSSR count). The number of nitro benzene ring substituents is 2. The van der Waals surface area contributed by atoms with Gasteiger partial charge in [0.25, 0.3) is 11.2 Å². The quantitative estimate of drug-likeness (QED) is 0.144. The molecule has 3 aromatic carbocycles. The molecule has 41 heavy (non-hydrogen) atoms. The summed E-state index contributed by atoms with van der Waals surface area (Å²) in [5.74, 6) is 0.658. The van der Waals surface area contributed by atoms with Gasteiger partial charge in [-0.05, 0) is 48.7 Å². The zero-order chi connectivity index (χ0) is 28.9. The summed E-state index contributed by atoms with van der Waals surface area (Å²) < 4.78 is 12.5. The summed E-state index contributed by atoms with van der Waals surface area (Å²) in [7, 11) is 1.36. The van der Waals surface area contributed by atoms with Crippen LogP contribution in [0.2, 0.25) is 0 Å². The van der Waals surface area contributed by atoms with Gasteiger partial charge in [-0.15, -0.1) is 0 Å². The Balaban J connectivity index is 1.50. The van der Waals surface area contributed by atoms with Gasteiger partial charge in [-0.2, -0.15) is 9.78 Å². The molecule has 1 fully saturated rings. The van der Waals surface area contributed by atoms with Crippen molar-refractivity contribution in [3.05, 3.63) is 108 Å². The van der Waals surface area contributed by atoms with E-state index < -0.39 is 9.85 Å². The second-order valence-corrected chi connectivity index (χ2v) is 9.72. The van der Waals surface area contributed by atoms with Crippen LogP contribution in [0.25, 0.3) is 10.9 Å². The molecule has 1 aliphatic carbocycles. The molecule has 1 aromatic heterocycles. The first-order valence-electron chi connectivity index (χ1n) is 13.1. The number of non-ortho nitro benzene ring substituents is 1. The number of nitro groups is 2. The smallest absolute Gasteiger partial charge is 0.315 e. The first-order valence-corrected chi connectivity index (χ1v) is 13.1. The lowest BCUT2D eigenvalue weighted by Crippen LogP contribution is -2.25. The third kappa shape index (κ3) is 5.91. The molecule has 0 radical (unpaired) electrons. The summed E-state index contributed by atoms with van der Waals surface area (Å²) in [6.45, 7) is -0.0778. The lowest BCUT2D eigenvalue weighted by atomic mass is 9.88. The normalized spacial score (nSPS) is 13.9. The van der Waals surface area contributed by atoms with Gasteiger partial charge in [0.2, 0.25) is 5.75 Å². The van der Waals surface area contributed by atoms with Crippen molar-refractivity contribution < 1.29 is 19.3 Å². The van der Waals surface area contributed by atoms with Gasteiger partial charge in [0.05, 0.1) is 34.1 Å². The molecule has 12 nitrogen and oxygen atoms in total. The summed E-state index contributed by atoms with van der Waals surface area (Å²) >= 11 is 0. The van der Waals surface area contributed by atoms with Crippen LogP contribution in [-0.4, -0.2) is 32.8 Å². The second kappa shape index (κ2) is 11.9. The maximum atomic E-state index is 13.5. The van der Waals surface area contributed by atoms with Crippen molar-refractivity contribution in [2.45, 2.75) is 44.6 Å². The molecule has 0 N–H and O–H groups in total. The van der Waals surface area contributed by atoms with Crippen molar-refractivity contribution in [2.24, 2.45) is 5.10 Å². The van der Waals surface area contributed by atoms with Gasteiger partial charge in [0, 0.05) is 29.7 Å². The largest absolute Gasteiger partial charge is 0.493 e. The Morgan fingerprint density at radius 3 is 2.44 bits per heavy atom. The molecule has 0 unspecified atom stereocenters. The first-order chi connectivity index (χ1) is 19.9. The first kappa shape index (κ1) is 27.4. The van der Waals surface area contributed by atoms with Crippen molar-refractivity contribution in [1.82, 2.24) is 9.66 Å². The number of methoxy groups -OCH3 is 1. The molecule has 0 spiro atoms. The lowest BCUT2D eigenvalue weighted by Gasteiger charge is -2.22. The zero-order valence-electron chi connectivity index (χ0n) is 22.3. The third-order valence-electron chi connectivity index (χ3n) is 7.08. The maximum Gasteiger partial charge on any atom is 0.315 e. The van der Waals surface area contributed by atoms with E-state index in [1.165, 1.54) is 54.4 Å². The Hall–Kier alpha value is -5.13. The van der Waals surface area contributed by atoms with Gasteiger partial charge in [0.1, 0.15) is 12.4 Å². The molecular formula is C29H27N5O7. The molecule has 1 heterocycles. The van der Waals surface area contributed by atoms with Crippen molar-refractivity contribution in [3.63, 3.8) is 0 Å². The number of para-hydroxylation sites is 1. The van der Waals surface area contributed by atoms with Crippen LogP contribution in [0.4, 0.5) is 11.4 Å². The Morgan fingerprint density at radius 1 is 1.02 bits per heavy atom. The Labute approximate surface area is 234 Å². The van der Waals surface area contributed by atoms with E-state index in [1.807, 2.05) is 6.07 Å². The van der Waals surface area contributed by atoms with Crippen LogP contribution in [0.1, 0.15) is 55.0 Å². The highest BCUT2D eigenvalue weighted by Gasteiger charge is 2.24. The number of benzene rings is 3. The lowest BCUT2D eigenvalue weighted by molar-refractivity contribution is -0.386. The molecule has 1 saturated carbocycles. The Morgan fingerprint density at radius 2 is 1.76 bits per heavy atom. The van der Waals surface area contributed by atoms with E-state index in [0.29, 0.717) is 27.9 Å². The number of aromatic nitrogens is 2. The molecule has 210 valence electrons. The van der Waals surface area contributed by atoms with Crippen molar-refractivity contribution in [3.8, 4) is 11.5 Å².